The van der Waals surface area contributed by atoms with Gasteiger partial charge in [0.25, 0.3) is 0 Å². The zero-order valence-electron chi connectivity index (χ0n) is 17.6. The summed E-state index contributed by atoms with van der Waals surface area (Å²) in [5.74, 6) is -0.580. The second-order valence-electron chi connectivity index (χ2n) is 7.56. The van der Waals surface area contributed by atoms with E-state index in [1.807, 2.05) is 35.7 Å². The summed E-state index contributed by atoms with van der Waals surface area (Å²) in [6, 6.07) is 15.7. The third-order valence-electron chi connectivity index (χ3n) is 5.20. The summed E-state index contributed by atoms with van der Waals surface area (Å²) in [5.41, 5.74) is 1.75. The van der Waals surface area contributed by atoms with Gasteiger partial charge in [-0.3, -0.25) is 0 Å². The van der Waals surface area contributed by atoms with Crippen LogP contribution in [0.25, 0.3) is 0 Å². The number of esters is 1. The first kappa shape index (κ1) is 22.4. The molecule has 1 N–H and O–H groups in total. The van der Waals surface area contributed by atoms with Crippen molar-refractivity contribution >= 4 is 38.1 Å². The first-order valence-corrected chi connectivity index (χ1v) is 12.9. The third-order valence-corrected chi connectivity index (χ3v) is 7.90. The molecule has 1 saturated heterocycles. The summed E-state index contributed by atoms with van der Waals surface area (Å²) in [4.78, 5) is 17.1. The first-order chi connectivity index (χ1) is 15.5. The topological polar surface area (TPSA) is 88.6 Å². The van der Waals surface area contributed by atoms with Crippen LogP contribution in [0, 0.1) is 0 Å². The molecule has 3 aromatic rings. The number of carbonyl (C=O) groups is 1. The number of carbonyl (C=O) groups excluding carboxylic acids is 1. The van der Waals surface area contributed by atoms with Crippen molar-refractivity contribution in [2.24, 2.45) is 0 Å². The maximum atomic E-state index is 13.0. The van der Waals surface area contributed by atoms with Crippen molar-refractivity contribution in [3.8, 4) is 0 Å². The van der Waals surface area contributed by atoms with Gasteiger partial charge in [-0.15, -0.1) is 11.3 Å². The van der Waals surface area contributed by atoms with Gasteiger partial charge in [0.15, 0.2) is 5.13 Å². The number of benzene rings is 2. The predicted octanol–water partition coefficient (Wildman–Crippen LogP) is 4.81. The molecule has 168 valence electrons. The lowest BCUT2D eigenvalue weighted by atomic mass is 10.2. The predicted molar refractivity (Wildman–Crippen MR) is 125 cm³/mol. The summed E-state index contributed by atoms with van der Waals surface area (Å²) >= 11 is 1.42. The number of para-hydroxylation sites is 1. The van der Waals surface area contributed by atoms with Gasteiger partial charge in [-0.25, -0.2) is 18.2 Å². The van der Waals surface area contributed by atoms with Crippen LogP contribution in [0.5, 0.6) is 0 Å². The molecule has 1 aliphatic heterocycles. The third kappa shape index (κ3) is 5.53. The lowest BCUT2D eigenvalue weighted by molar-refractivity contribution is 0.0468. The highest BCUT2D eigenvalue weighted by Crippen LogP contribution is 2.23. The van der Waals surface area contributed by atoms with Crippen molar-refractivity contribution in [2.45, 2.75) is 37.2 Å². The van der Waals surface area contributed by atoms with Crippen molar-refractivity contribution in [1.82, 2.24) is 9.29 Å². The summed E-state index contributed by atoms with van der Waals surface area (Å²) in [5, 5.41) is 5.72. The number of nitrogens with zero attached hydrogens (tertiary/aromatic N) is 2. The number of hydrogen-bond acceptors (Lipinski definition) is 7. The number of rotatable bonds is 7. The Morgan fingerprint density at radius 2 is 1.78 bits per heavy atom. The number of aromatic nitrogens is 1. The minimum Gasteiger partial charge on any atom is -0.456 e. The monoisotopic (exact) mass is 471 g/mol. The molecule has 2 aromatic carbocycles. The maximum Gasteiger partial charge on any atom is 0.338 e. The Kier molecular flexibility index (Phi) is 7.19. The Balaban J connectivity index is 1.39. The van der Waals surface area contributed by atoms with Crippen molar-refractivity contribution in [3.63, 3.8) is 0 Å². The van der Waals surface area contributed by atoms with Gasteiger partial charge in [0.1, 0.15) is 6.61 Å². The van der Waals surface area contributed by atoms with Crippen molar-refractivity contribution in [1.29, 1.82) is 0 Å². The fraction of sp³-hybridized carbons (Fsp3) is 0.304. The Morgan fingerprint density at radius 3 is 2.53 bits per heavy atom. The van der Waals surface area contributed by atoms with Gasteiger partial charge in [0.2, 0.25) is 10.0 Å². The van der Waals surface area contributed by atoms with Crippen LogP contribution in [-0.4, -0.2) is 36.8 Å². The van der Waals surface area contributed by atoms with Crippen molar-refractivity contribution in [2.75, 3.05) is 18.4 Å². The summed E-state index contributed by atoms with van der Waals surface area (Å²) in [6.07, 6.45) is 3.79. The number of anilines is 2. The second-order valence-corrected chi connectivity index (χ2v) is 10.4. The summed E-state index contributed by atoms with van der Waals surface area (Å²) in [6.45, 7) is 1.04. The second kappa shape index (κ2) is 10.2. The van der Waals surface area contributed by atoms with Crippen molar-refractivity contribution < 1.29 is 17.9 Å². The molecule has 0 bridgehead atoms. The largest absolute Gasteiger partial charge is 0.456 e. The molecule has 0 spiro atoms. The van der Waals surface area contributed by atoms with E-state index in [0.29, 0.717) is 23.9 Å². The SMILES string of the molecule is O=C(OCc1csc(Nc2ccccc2)n1)c1cccc(S(=O)(=O)N2CCCCCC2)c1. The average molecular weight is 472 g/mol. The molecule has 32 heavy (non-hydrogen) atoms. The van der Waals surface area contributed by atoms with Crippen LogP contribution in [0.1, 0.15) is 41.7 Å². The lowest BCUT2D eigenvalue weighted by Gasteiger charge is -2.20. The van der Waals surface area contributed by atoms with Crippen LogP contribution in [0.3, 0.4) is 0 Å². The van der Waals surface area contributed by atoms with Crippen LogP contribution in [-0.2, 0) is 21.4 Å². The van der Waals surface area contributed by atoms with Gasteiger partial charge in [-0.2, -0.15) is 4.31 Å². The van der Waals surface area contributed by atoms with Gasteiger partial charge in [0, 0.05) is 24.2 Å². The minimum absolute atomic E-state index is 0.00883. The first-order valence-electron chi connectivity index (χ1n) is 10.6. The van der Waals surface area contributed by atoms with E-state index >= 15 is 0 Å². The summed E-state index contributed by atoms with van der Waals surface area (Å²) in [7, 11) is -3.63. The number of ether oxygens (including phenoxy) is 1. The van der Waals surface area contributed by atoms with E-state index in [-0.39, 0.29) is 17.1 Å². The van der Waals surface area contributed by atoms with E-state index in [1.54, 1.807) is 12.1 Å². The highest BCUT2D eigenvalue weighted by Gasteiger charge is 2.26. The minimum atomic E-state index is -3.63. The zero-order chi connectivity index (χ0) is 22.4. The van der Waals surface area contributed by atoms with Gasteiger partial charge >= 0.3 is 5.97 Å². The smallest absolute Gasteiger partial charge is 0.338 e. The van der Waals surface area contributed by atoms with E-state index in [0.717, 1.165) is 31.4 Å². The molecule has 1 aliphatic rings. The molecule has 0 aliphatic carbocycles. The Bertz CT molecular complexity index is 1150. The van der Waals surface area contributed by atoms with Crippen LogP contribution in [0.15, 0.2) is 64.9 Å². The number of hydrogen-bond donors (Lipinski definition) is 1. The lowest BCUT2D eigenvalue weighted by Crippen LogP contribution is -2.32. The Hall–Kier alpha value is -2.75. The molecular formula is C23H25N3O4S2. The molecule has 0 amide bonds. The number of nitrogens with one attached hydrogen (secondary N) is 1. The Labute approximate surface area is 192 Å². The molecule has 1 fully saturated rings. The molecule has 1 aromatic heterocycles. The number of thiazole rings is 1. The van der Waals surface area contributed by atoms with Crippen LogP contribution < -0.4 is 5.32 Å². The van der Waals surface area contributed by atoms with E-state index in [9.17, 15) is 13.2 Å². The fourth-order valence-corrected chi connectivity index (χ4v) is 5.79. The van der Waals surface area contributed by atoms with Gasteiger partial charge < -0.3 is 10.1 Å². The molecule has 7 nitrogen and oxygen atoms in total. The van der Waals surface area contributed by atoms with E-state index in [2.05, 4.69) is 10.3 Å². The highest BCUT2D eigenvalue weighted by atomic mass is 32.2. The van der Waals surface area contributed by atoms with Crippen LogP contribution in [0.4, 0.5) is 10.8 Å². The molecule has 0 atom stereocenters. The van der Waals surface area contributed by atoms with E-state index in [1.165, 1.54) is 27.8 Å². The molecule has 4 rings (SSSR count). The summed E-state index contributed by atoms with van der Waals surface area (Å²) < 4.78 is 32.9. The average Bonchev–Trinajstić information content (AvgIpc) is 3.07. The molecule has 9 heteroatoms. The van der Waals surface area contributed by atoms with E-state index in [4.69, 9.17) is 4.74 Å². The molecule has 2 heterocycles. The quantitative estimate of drug-likeness (QED) is 0.498. The van der Waals surface area contributed by atoms with E-state index < -0.39 is 16.0 Å². The molecule has 0 unspecified atom stereocenters. The van der Waals surface area contributed by atoms with Crippen LogP contribution in [0.2, 0.25) is 0 Å². The van der Waals surface area contributed by atoms with Crippen molar-refractivity contribution in [3.05, 3.63) is 71.2 Å². The zero-order valence-corrected chi connectivity index (χ0v) is 19.2. The van der Waals surface area contributed by atoms with Gasteiger partial charge in [-0.1, -0.05) is 37.1 Å². The normalized spacial score (nSPS) is 15.1. The standard InChI is InChI=1S/C23H25N3O4S2/c27-22(30-16-20-17-31-23(25-20)24-19-10-4-3-5-11-19)18-9-8-12-21(15-18)32(28,29)26-13-6-1-2-7-14-26/h3-5,8-12,15,17H,1-2,6-7,13-14,16H2,(H,24,25). The molecular weight excluding hydrogens is 446 g/mol. The Morgan fingerprint density at radius 1 is 1.03 bits per heavy atom. The fourth-order valence-electron chi connectivity index (χ4n) is 3.51. The van der Waals surface area contributed by atoms with Gasteiger partial charge in [0.05, 0.1) is 16.2 Å². The van der Waals surface area contributed by atoms with Crippen LogP contribution >= 0.6 is 11.3 Å². The van der Waals surface area contributed by atoms with Gasteiger partial charge in [-0.05, 0) is 43.2 Å². The highest BCUT2D eigenvalue weighted by molar-refractivity contribution is 7.89. The maximum absolute atomic E-state index is 13.0. The number of sulfonamides is 1. The molecule has 0 radical (unpaired) electrons. The molecule has 0 saturated carbocycles.